The van der Waals surface area contributed by atoms with Crippen LogP contribution < -0.4 is 5.32 Å². The number of carbonyl (C=O) groups excluding carboxylic acids is 2. The minimum Gasteiger partial charge on any atom is -0.457 e. The van der Waals surface area contributed by atoms with Crippen LogP contribution in [0.25, 0.3) is 0 Å². The Morgan fingerprint density at radius 1 is 0.563 bits per heavy atom. The van der Waals surface area contributed by atoms with Crippen molar-refractivity contribution in [3.05, 3.63) is 0 Å². The van der Waals surface area contributed by atoms with E-state index in [4.69, 9.17) is 23.7 Å². The van der Waals surface area contributed by atoms with Crippen LogP contribution in [0.4, 0.5) is 0 Å². The average molecular weight is 1040 g/mol. The molecule has 71 heavy (non-hydrogen) atoms. The topological polar surface area (TPSA) is 133 Å². The fraction of sp³-hybridized carbons (Fsp3) is 0.966. The van der Waals surface area contributed by atoms with Gasteiger partial charge in [-0.15, -0.1) is 0 Å². The fourth-order valence-electron chi connectivity index (χ4n) is 9.67. The van der Waals surface area contributed by atoms with E-state index in [1.807, 2.05) is 0 Å². The zero-order valence-electron chi connectivity index (χ0n) is 48.3. The van der Waals surface area contributed by atoms with Crippen LogP contribution in [0.15, 0.2) is 0 Å². The summed E-state index contributed by atoms with van der Waals surface area (Å²) in [5.74, 6) is -0.934. The van der Waals surface area contributed by atoms with Crippen molar-refractivity contribution in [2.24, 2.45) is 5.92 Å². The molecular weight excluding hydrogens is 923 g/mol. The minimum absolute atomic E-state index is 0.0903. The first-order valence-corrected chi connectivity index (χ1v) is 37.8. The van der Waals surface area contributed by atoms with Crippen LogP contribution in [0.5, 0.6) is 0 Å². The molecule has 1 aliphatic heterocycles. The maximum Gasteiger partial charge on any atom is 0.309 e. The van der Waals surface area contributed by atoms with Gasteiger partial charge in [0.2, 0.25) is 5.91 Å². The summed E-state index contributed by atoms with van der Waals surface area (Å²) in [5.41, 5.74) is 0. The predicted octanol–water partition coefficient (Wildman–Crippen LogP) is 15.8. The number of hydrogen-bond acceptors (Lipinski definition) is 9. The molecule has 1 aliphatic rings. The molecule has 0 saturated carbocycles. The number of aliphatic hydroxyl groups is 2. The molecule has 0 aromatic heterocycles. The lowest BCUT2D eigenvalue weighted by molar-refractivity contribution is -0.273. The molecule has 1 amide bonds. The second-order valence-corrected chi connectivity index (χ2v) is 35.4. The highest BCUT2D eigenvalue weighted by Crippen LogP contribution is 2.29. The number of aliphatic hydroxyl groups excluding tert-OH is 2. The third kappa shape index (κ3) is 38.4. The van der Waals surface area contributed by atoms with Crippen LogP contribution in [0, 0.1) is 5.92 Å². The third-order valence-corrected chi connectivity index (χ3v) is 18.0. The molecule has 1 fully saturated rings. The first-order valence-electron chi connectivity index (χ1n) is 30.4. The number of unbranched alkanes of at least 4 members (excludes halogenated alkanes) is 28. The van der Waals surface area contributed by atoms with E-state index >= 15 is 0 Å². The number of esters is 1. The van der Waals surface area contributed by atoms with Crippen LogP contribution in [-0.2, 0) is 33.3 Å². The van der Waals surface area contributed by atoms with Gasteiger partial charge in [-0.1, -0.05) is 259 Å². The molecule has 1 rings (SSSR count). The van der Waals surface area contributed by atoms with Gasteiger partial charge in [-0.2, -0.15) is 0 Å². The second-order valence-electron chi connectivity index (χ2n) is 24.2. The van der Waals surface area contributed by atoms with Gasteiger partial charge in [0.25, 0.3) is 0 Å². The van der Waals surface area contributed by atoms with E-state index in [1.54, 1.807) is 0 Å². The quantitative estimate of drug-likeness (QED) is 0.0236. The van der Waals surface area contributed by atoms with Gasteiger partial charge < -0.3 is 39.2 Å². The van der Waals surface area contributed by atoms with Crippen molar-refractivity contribution >= 4 is 28.0 Å². The summed E-state index contributed by atoms with van der Waals surface area (Å²) < 4.78 is 31.3. The Morgan fingerprint density at radius 2 is 0.958 bits per heavy atom. The maximum absolute atomic E-state index is 14.5. The molecule has 0 spiro atoms. The molecule has 10 nitrogen and oxygen atoms in total. The van der Waals surface area contributed by atoms with E-state index in [2.05, 4.69) is 65.4 Å². The Hall–Kier alpha value is -0.866. The van der Waals surface area contributed by atoms with Gasteiger partial charge in [-0.25, -0.2) is 0 Å². The van der Waals surface area contributed by atoms with Gasteiger partial charge in [0.15, 0.2) is 12.4 Å². The van der Waals surface area contributed by atoms with Crippen molar-refractivity contribution < 1.29 is 43.5 Å². The maximum atomic E-state index is 14.5. The van der Waals surface area contributed by atoms with Gasteiger partial charge in [0, 0.05) is 29.4 Å². The van der Waals surface area contributed by atoms with E-state index in [0.29, 0.717) is 13.2 Å². The molecule has 0 aliphatic carbocycles. The molecule has 422 valence electrons. The number of rotatable bonds is 50. The SMILES string of the molecule is CCCCCCCCCCCCCCC(CCCCCCCCCCCC)C(=O)O[C@H]1[C@H](O)[C@@H](CO)O[C@@H](OCC[Si](C)(C)C)[C@@H]1NC(=O)C[C@@H](CCCCCCCCCCC)OCOCC[Si](C)(C)C. The Bertz CT molecular complexity index is 1230. The first-order chi connectivity index (χ1) is 34.1. The minimum atomic E-state index is -1.52. The van der Waals surface area contributed by atoms with Crippen molar-refractivity contribution in [3.8, 4) is 0 Å². The molecule has 0 aromatic rings. The molecule has 12 heteroatoms. The van der Waals surface area contributed by atoms with E-state index in [1.165, 1.54) is 161 Å². The molecule has 3 N–H and O–H groups in total. The van der Waals surface area contributed by atoms with Crippen molar-refractivity contribution in [3.63, 3.8) is 0 Å². The average Bonchev–Trinajstić information content (AvgIpc) is 3.31. The van der Waals surface area contributed by atoms with Crippen molar-refractivity contribution in [1.29, 1.82) is 0 Å². The summed E-state index contributed by atoms with van der Waals surface area (Å²) in [7, 11) is -2.79. The largest absolute Gasteiger partial charge is 0.457 e. The van der Waals surface area contributed by atoms with Gasteiger partial charge in [-0.05, 0) is 31.4 Å². The summed E-state index contributed by atoms with van der Waals surface area (Å²) in [6.45, 7) is 21.3. The molecule has 1 unspecified atom stereocenters. The smallest absolute Gasteiger partial charge is 0.309 e. The summed E-state index contributed by atoms with van der Waals surface area (Å²) in [6.07, 6.45) is 35.6. The number of nitrogens with one attached hydrogen (secondary N) is 1. The monoisotopic (exact) mass is 1040 g/mol. The highest BCUT2D eigenvalue weighted by Gasteiger charge is 2.49. The van der Waals surface area contributed by atoms with Gasteiger partial charge >= 0.3 is 5.97 Å². The van der Waals surface area contributed by atoms with E-state index in [0.717, 1.165) is 69.9 Å². The van der Waals surface area contributed by atoms with Gasteiger partial charge in [0.1, 0.15) is 25.0 Å². The van der Waals surface area contributed by atoms with Crippen LogP contribution in [0.1, 0.15) is 245 Å². The van der Waals surface area contributed by atoms with Crippen LogP contribution in [0.3, 0.4) is 0 Å². The molecule has 1 saturated heterocycles. The predicted molar refractivity (Wildman–Crippen MR) is 304 cm³/mol. The number of amides is 1. The Balaban J connectivity index is 3.20. The Morgan fingerprint density at radius 3 is 1.37 bits per heavy atom. The van der Waals surface area contributed by atoms with Gasteiger partial charge in [-0.3, -0.25) is 9.59 Å². The number of ether oxygens (including phenoxy) is 5. The normalized spacial score (nSPS) is 19.5. The van der Waals surface area contributed by atoms with E-state index < -0.39 is 53.4 Å². The first kappa shape index (κ1) is 68.1. The van der Waals surface area contributed by atoms with E-state index in [9.17, 15) is 19.8 Å². The van der Waals surface area contributed by atoms with Crippen LogP contribution in [-0.4, -0.2) is 102 Å². The highest BCUT2D eigenvalue weighted by molar-refractivity contribution is 6.76. The summed E-state index contributed by atoms with van der Waals surface area (Å²) in [4.78, 5) is 28.8. The lowest BCUT2D eigenvalue weighted by Crippen LogP contribution is -2.66. The highest BCUT2D eigenvalue weighted by atomic mass is 28.3. The lowest BCUT2D eigenvalue weighted by atomic mass is 9.92. The molecule has 1 heterocycles. The summed E-state index contributed by atoms with van der Waals surface area (Å²) in [5, 5.41) is 25.4. The molecule has 7 atom stereocenters. The second kappa shape index (κ2) is 44.3. The summed E-state index contributed by atoms with van der Waals surface area (Å²) >= 11 is 0. The standard InChI is InChI=1S/C59H119NO9Si2/c1-10-13-16-19-22-25-27-28-31-33-36-39-42-51(41-38-35-32-30-26-23-20-17-14-11-2)58(64)69-57-55(59(66-45-47-71(7,8)9)68-53(49-61)56(57)63)60-54(62)48-52(67-50-65-44-46-70(4,5)6)43-40-37-34-29-24-21-18-15-12-3/h51-53,55-57,59,61,63H,10-50H2,1-9H3,(H,60,62)/t51?,52-,53-,55-,56-,57-,59-/m1/s1. The van der Waals surface area contributed by atoms with Crippen molar-refractivity contribution in [1.82, 2.24) is 5.32 Å². The zero-order chi connectivity index (χ0) is 52.4. The molecular formula is C59H119NO9Si2. The number of carbonyl (C=O) groups is 2. The molecule has 0 radical (unpaired) electrons. The van der Waals surface area contributed by atoms with Crippen LogP contribution >= 0.6 is 0 Å². The lowest BCUT2D eigenvalue weighted by Gasteiger charge is -2.44. The molecule has 0 bridgehead atoms. The zero-order valence-corrected chi connectivity index (χ0v) is 50.3. The Kier molecular flexibility index (Phi) is 42.5. The third-order valence-electron chi connectivity index (χ3n) is 14.6. The number of hydrogen-bond donors (Lipinski definition) is 3. The van der Waals surface area contributed by atoms with E-state index in [-0.39, 0.29) is 37.1 Å². The molecule has 0 aromatic carbocycles. The Labute approximate surface area is 441 Å². The van der Waals surface area contributed by atoms with Crippen molar-refractivity contribution in [2.75, 3.05) is 26.6 Å². The fourth-order valence-corrected chi connectivity index (χ4v) is 11.2. The van der Waals surface area contributed by atoms with Crippen molar-refractivity contribution in [2.45, 2.75) is 334 Å². The van der Waals surface area contributed by atoms with Crippen LogP contribution in [0.2, 0.25) is 51.4 Å². The summed E-state index contributed by atoms with van der Waals surface area (Å²) in [6, 6.07) is 0.922. The van der Waals surface area contributed by atoms with Gasteiger partial charge in [0.05, 0.1) is 25.0 Å².